The molecule has 4 N–H and O–H groups in total. The van der Waals surface area contributed by atoms with E-state index >= 15 is 0 Å². The first-order valence-corrected chi connectivity index (χ1v) is 9.89. The van der Waals surface area contributed by atoms with E-state index in [2.05, 4.69) is 20.5 Å². The minimum Gasteiger partial charge on any atom is -0.462 e. The largest absolute Gasteiger partial charge is 0.462 e. The number of nitrogen functional groups attached to an aromatic ring is 1. The number of hydrogen-bond acceptors (Lipinski definition) is 8. The summed E-state index contributed by atoms with van der Waals surface area (Å²) in [5, 5.41) is 11.8. The van der Waals surface area contributed by atoms with Gasteiger partial charge in [-0.1, -0.05) is 42.1 Å². The lowest BCUT2D eigenvalue weighted by Gasteiger charge is -2.08. The molecule has 140 valence electrons. The number of thiophene rings is 1. The van der Waals surface area contributed by atoms with Crippen molar-refractivity contribution in [1.29, 1.82) is 0 Å². The molecule has 0 atom stereocenters. The quantitative estimate of drug-likeness (QED) is 0.409. The molecule has 0 radical (unpaired) electrons. The number of aromatic amines is 1. The number of esters is 1. The summed E-state index contributed by atoms with van der Waals surface area (Å²) in [5.41, 5.74) is 7.41. The maximum atomic E-state index is 12.5. The van der Waals surface area contributed by atoms with Crippen LogP contribution in [-0.4, -0.2) is 39.4 Å². The molecule has 0 aliphatic rings. The Labute approximate surface area is 163 Å². The molecule has 0 bridgehead atoms. The molecular formula is C17H17N5O3S2. The number of carbonyl (C=O) groups is 2. The zero-order valence-corrected chi connectivity index (χ0v) is 16.0. The normalized spacial score (nSPS) is 10.6. The van der Waals surface area contributed by atoms with Gasteiger partial charge in [-0.2, -0.15) is 4.98 Å². The Kier molecular flexibility index (Phi) is 6.09. The fourth-order valence-electron chi connectivity index (χ4n) is 2.30. The van der Waals surface area contributed by atoms with Crippen LogP contribution < -0.4 is 11.1 Å². The van der Waals surface area contributed by atoms with E-state index in [-0.39, 0.29) is 24.2 Å². The average Bonchev–Trinajstić information content (AvgIpc) is 3.27. The number of rotatable bonds is 7. The molecule has 0 fully saturated rings. The van der Waals surface area contributed by atoms with Gasteiger partial charge in [0.2, 0.25) is 17.0 Å². The summed E-state index contributed by atoms with van der Waals surface area (Å²) >= 11 is 2.42. The van der Waals surface area contributed by atoms with Crippen LogP contribution >= 0.6 is 23.1 Å². The zero-order valence-electron chi connectivity index (χ0n) is 14.4. The summed E-state index contributed by atoms with van der Waals surface area (Å²) in [6, 6.07) is 9.48. The molecule has 2 aromatic heterocycles. The molecule has 27 heavy (non-hydrogen) atoms. The van der Waals surface area contributed by atoms with Gasteiger partial charge >= 0.3 is 5.97 Å². The number of amides is 1. The molecular weight excluding hydrogens is 386 g/mol. The van der Waals surface area contributed by atoms with Crippen LogP contribution in [0.15, 0.2) is 40.9 Å². The first kappa shape index (κ1) is 18.9. The van der Waals surface area contributed by atoms with Gasteiger partial charge in [0.25, 0.3) is 0 Å². The van der Waals surface area contributed by atoms with E-state index in [0.717, 1.165) is 22.9 Å². The fourth-order valence-corrected chi connectivity index (χ4v) is 3.88. The van der Waals surface area contributed by atoms with Gasteiger partial charge in [-0.15, -0.1) is 16.4 Å². The van der Waals surface area contributed by atoms with Crippen molar-refractivity contribution < 1.29 is 14.3 Å². The maximum Gasteiger partial charge on any atom is 0.341 e. The predicted molar refractivity (Wildman–Crippen MR) is 106 cm³/mol. The molecule has 3 rings (SSSR count). The third-order valence-electron chi connectivity index (χ3n) is 3.42. The minimum atomic E-state index is -0.470. The van der Waals surface area contributed by atoms with E-state index in [0.29, 0.717) is 15.7 Å². The molecule has 1 aromatic carbocycles. The molecule has 0 aliphatic heterocycles. The van der Waals surface area contributed by atoms with Crippen LogP contribution in [0.5, 0.6) is 0 Å². The standard InChI is InChI=1S/C17H17N5O3S2/c1-2-25-15(24)13-11(10-6-4-3-5-7-10)8-26-14(13)19-12(23)9-27-17-20-16(18)21-22-17/h3-8H,2,9H2,1H3,(H,19,23)(H3,18,20,21,22). The molecule has 0 spiro atoms. The zero-order chi connectivity index (χ0) is 19.2. The van der Waals surface area contributed by atoms with Crippen LogP contribution in [0.1, 0.15) is 17.3 Å². The number of carbonyl (C=O) groups excluding carboxylic acids is 2. The second-order valence-electron chi connectivity index (χ2n) is 5.28. The summed E-state index contributed by atoms with van der Waals surface area (Å²) in [5.74, 6) is -0.482. The molecule has 0 unspecified atom stereocenters. The molecule has 1 amide bonds. The summed E-state index contributed by atoms with van der Waals surface area (Å²) in [4.78, 5) is 28.7. The Balaban J connectivity index is 1.78. The first-order valence-electron chi connectivity index (χ1n) is 8.03. The van der Waals surface area contributed by atoms with Crippen LogP contribution in [0, 0.1) is 0 Å². The van der Waals surface area contributed by atoms with Crippen molar-refractivity contribution in [3.05, 3.63) is 41.3 Å². The molecule has 0 aliphatic carbocycles. The number of ether oxygens (including phenoxy) is 1. The third-order valence-corrected chi connectivity index (χ3v) is 5.17. The number of nitrogens with zero attached hydrogens (tertiary/aromatic N) is 2. The monoisotopic (exact) mass is 403 g/mol. The number of nitrogens with one attached hydrogen (secondary N) is 2. The highest BCUT2D eigenvalue weighted by Gasteiger charge is 2.22. The number of aromatic nitrogens is 3. The minimum absolute atomic E-state index is 0.0815. The Hall–Kier alpha value is -2.85. The van der Waals surface area contributed by atoms with Crippen molar-refractivity contribution in [2.75, 3.05) is 23.4 Å². The van der Waals surface area contributed by atoms with Crippen molar-refractivity contribution in [2.24, 2.45) is 0 Å². The van der Waals surface area contributed by atoms with Gasteiger partial charge in [-0.05, 0) is 12.5 Å². The predicted octanol–water partition coefficient (Wildman–Crippen LogP) is 3.02. The smallest absolute Gasteiger partial charge is 0.341 e. The number of anilines is 2. The van der Waals surface area contributed by atoms with E-state index in [1.165, 1.54) is 11.3 Å². The van der Waals surface area contributed by atoms with Gasteiger partial charge in [0.15, 0.2) is 0 Å². The van der Waals surface area contributed by atoms with E-state index in [9.17, 15) is 9.59 Å². The van der Waals surface area contributed by atoms with Crippen molar-refractivity contribution in [3.8, 4) is 11.1 Å². The van der Waals surface area contributed by atoms with Gasteiger partial charge in [0.05, 0.1) is 12.4 Å². The highest BCUT2D eigenvalue weighted by atomic mass is 32.2. The number of benzene rings is 1. The number of H-pyrrole nitrogens is 1. The Morgan fingerprint density at radius 2 is 2.11 bits per heavy atom. The lowest BCUT2D eigenvalue weighted by Crippen LogP contribution is -2.16. The lowest BCUT2D eigenvalue weighted by molar-refractivity contribution is -0.113. The van der Waals surface area contributed by atoms with Crippen molar-refractivity contribution in [2.45, 2.75) is 12.1 Å². The first-order chi connectivity index (χ1) is 13.1. The molecule has 10 heteroatoms. The van der Waals surface area contributed by atoms with Crippen LogP contribution in [0.3, 0.4) is 0 Å². The van der Waals surface area contributed by atoms with E-state index in [1.54, 1.807) is 6.92 Å². The summed E-state index contributed by atoms with van der Waals surface area (Å²) in [6.45, 7) is 1.99. The van der Waals surface area contributed by atoms with Gasteiger partial charge in [-0.25, -0.2) is 9.89 Å². The number of thioether (sulfide) groups is 1. The second-order valence-corrected chi connectivity index (χ2v) is 7.10. The van der Waals surface area contributed by atoms with Crippen LogP contribution in [0.2, 0.25) is 0 Å². The van der Waals surface area contributed by atoms with E-state index in [4.69, 9.17) is 10.5 Å². The van der Waals surface area contributed by atoms with Crippen LogP contribution in [0.25, 0.3) is 11.1 Å². The highest BCUT2D eigenvalue weighted by molar-refractivity contribution is 7.99. The Bertz CT molecular complexity index is 939. The molecule has 2 heterocycles. The van der Waals surface area contributed by atoms with Gasteiger partial charge < -0.3 is 15.8 Å². The van der Waals surface area contributed by atoms with Gasteiger partial charge in [0.1, 0.15) is 10.6 Å². The second kappa shape index (κ2) is 8.69. The fraction of sp³-hybridized carbons (Fsp3) is 0.176. The highest BCUT2D eigenvalue weighted by Crippen LogP contribution is 2.36. The van der Waals surface area contributed by atoms with E-state index < -0.39 is 5.97 Å². The molecule has 3 aromatic rings. The Morgan fingerprint density at radius 3 is 2.78 bits per heavy atom. The average molecular weight is 403 g/mol. The third kappa shape index (κ3) is 4.66. The number of nitrogens with two attached hydrogens (primary N) is 1. The topological polar surface area (TPSA) is 123 Å². The summed E-state index contributed by atoms with van der Waals surface area (Å²) in [6.07, 6.45) is 0. The van der Waals surface area contributed by atoms with Crippen molar-refractivity contribution in [1.82, 2.24) is 15.2 Å². The van der Waals surface area contributed by atoms with Gasteiger partial charge in [-0.3, -0.25) is 4.79 Å². The SMILES string of the molecule is CCOC(=O)c1c(-c2ccccc2)csc1NC(=O)CSc1n[nH]c(N)n1. The van der Waals surface area contributed by atoms with Gasteiger partial charge in [0, 0.05) is 10.9 Å². The summed E-state index contributed by atoms with van der Waals surface area (Å²) in [7, 11) is 0. The Morgan fingerprint density at radius 1 is 1.33 bits per heavy atom. The summed E-state index contributed by atoms with van der Waals surface area (Å²) < 4.78 is 5.18. The van der Waals surface area contributed by atoms with Crippen molar-refractivity contribution >= 4 is 45.9 Å². The maximum absolute atomic E-state index is 12.5. The lowest BCUT2D eigenvalue weighted by atomic mass is 10.0. The number of hydrogen-bond donors (Lipinski definition) is 3. The molecule has 8 nitrogen and oxygen atoms in total. The van der Waals surface area contributed by atoms with Crippen LogP contribution in [0.4, 0.5) is 10.9 Å². The van der Waals surface area contributed by atoms with Crippen molar-refractivity contribution in [3.63, 3.8) is 0 Å². The molecule has 0 saturated carbocycles. The molecule has 0 saturated heterocycles. The van der Waals surface area contributed by atoms with Crippen LogP contribution in [-0.2, 0) is 9.53 Å². The van der Waals surface area contributed by atoms with E-state index in [1.807, 2.05) is 35.7 Å².